The van der Waals surface area contributed by atoms with Gasteiger partial charge in [0.1, 0.15) is 5.75 Å². The molecule has 8 heteroatoms. The molecule has 2 N–H and O–H groups in total. The van der Waals surface area contributed by atoms with Gasteiger partial charge in [-0.05, 0) is 37.5 Å². The summed E-state index contributed by atoms with van der Waals surface area (Å²) in [7, 11) is 1.67. The molecule has 2 rings (SSSR count). The second-order valence-corrected chi connectivity index (χ2v) is 7.47. The lowest BCUT2D eigenvalue weighted by Crippen LogP contribution is -2.38. The zero-order valence-electron chi connectivity index (χ0n) is 17.6. The SMILES string of the molecule is CCNC(=NCCCOCc1ccc(OC)cc1)NCCc1ncc(CC)s1.I. The minimum Gasteiger partial charge on any atom is -0.497 e. The number of halogens is 1. The highest BCUT2D eigenvalue weighted by Crippen LogP contribution is 2.13. The number of nitrogens with one attached hydrogen (secondary N) is 2. The summed E-state index contributed by atoms with van der Waals surface area (Å²) in [5.74, 6) is 1.71. The second-order valence-electron chi connectivity index (χ2n) is 6.27. The van der Waals surface area contributed by atoms with Crippen molar-refractivity contribution in [2.75, 3.05) is 33.4 Å². The molecule has 1 heterocycles. The van der Waals surface area contributed by atoms with Gasteiger partial charge in [0.05, 0.1) is 18.7 Å². The molecule has 2 aromatic rings. The average Bonchev–Trinajstić information content (AvgIpc) is 3.19. The number of ether oxygens (including phenoxy) is 2. The summed E-state index contributed by atoms with van der Waals surface area (Å²) < 4.78 is 10.9. The first-order valence-electron chi connectivity index (χ1n) is 9.91. The van der Waals surface area contributed by atoms with Gasteiger partial charge in [-0.15, -0.1) is 35.3 Å². The quantitative estimate of drug-likeness (QED) is 0.187. The molecule has 0 amide bonds. The van der Waals surface area contributed by atoms with Crippen LogP contribution < -0.4 is 15.4 Å². The number of methoxy groups -OCH3 is 1. The summed E-state index contributed by atoms with van der Waals surface area (Å²) in [6, 6.07) is 7.95. The van der Waals surface area contributed by atoms with Crippen LogP contribution >= 0.6 is 35.3 Å². The maximum absolute atomic E-state index is 5.73. The number of thiazole rings is 1. The minimum atomic E-state index is 0. The summed E-state index contributed by atoms with van der Waals surface area (Å²) in [6.45, 7) is 7.94. The Balaban J connectivity index is 0.00000420. The number of aromatic nitrogens is 1. The Morgan fingerprint density at radius 1 is 1.17 bits per heavy atom. The highest BCUT2D eigenvalue weighted by Gasteiger charge is 2.02. The van der Waals surface area contributed by atoms with Crippen molar-refractivity contribution < 1.29 is 9.47 Å². The van der Waals surface area contributed by atoms with E-state index in [9.17, 15) is 0 Å². The van der Waals surface area contributed by atoms with Crippen molar-refractivity contribution in [3.05, 3.63) is 45.9 Å². The van der Waals surface area contributed by atoms with E-state index in [2.05, 4.69) is 34.5 Å². The number of aliphatic imine (C=N–C) groups is 1. The van der Waals surface area contributed by atoms with Gasteiger partial charge in [-0.1, -0.05) is 19.1 Å². The van der Waals surface area contributed by atoms with E-state index in [-0.39, 0.29) is 24.0 Å². The van der Waals surface area contributed by atoms with Crippen molar-refractivity contribution in [3.63, 3.8) is 0 Å². The molecule has 29 heavy (non-hydrogen) atoms. The van der Waals surface area contributed by atoms with Crippen LogP contribution in [0.2, 0.25) is 0 Å². The molecule has 162 valence electrons. The Bertz CT molecular complexity index is 707. The Morgan fingerprint density at radius 3 is 2.62 bits per heavy atom. The molecule has 0 aliphatic rings. The van der Waals surface area contributed by atoms with Gasteiger partial charge in [0.15, 0.2) is 5.96 Å². The van der Waals surface area contributed by atoms with Crippen molar-refractivity contribution in [1.82, 2.24) is 15.6 Å². The van der Waals surface area contributed by atoms with Crippen molar-refractivity contribution in [2.45, 2.75) is 39.7 Å². The maximum Gasteiger partial charge on any atom is 0.191 e. The van der Waals surface area contributed by atoms with Gasteiger partial charge in [0.25, 0.3) is 0 Å². The first-order valence-corrected chi connectivity index (χ1v) is 10.7. The van der Waals surface area contributed by atoms with Gasteiger partial charge in [-0.2, -0.15) is 0 Å². The van der Waals surface area contributed by atoms with Gasteiger partial charge in [-0.3, -0.25) is 4.99 Å². The van der Waals surface area contributed by atoms with Crippen LogP contribution in [0, 0.1) is 0 Å². The van der Waals surface area contributed by atoms with Crippen molar-refractivity contribution in [1.29, 1.82) is 0 Å². The normalized spacial score (nSPS) is 11.1. The number of guanidine groups is 1. The number of rotatable bonds is 12. The molecule has 0 saturated carbocycles. The van der Waals surface area contributed by atoms with E-state index in [4.69, 9.17) is 9.47 Å². The molecule has 0 spiro atoms. The molecule has 1 aromatic carbocycles. The zero-order chi connectivity index (χ0) is 20.0. The van der Waals surface area contributed by atoms with Gasteiger partial charge in [0, 0.05) is 43.7 Å². The molecule has 0 fully saturated rings. The van der Waals surface area contributed by atoms with E-state index in [1.807, 2.05) is 30.5 Å². The van der Waals surface area contributed by atoms with E-state index in [0.717, 1.165) is 56.2 Å². The lowest BCUT2D eigenvalue weighted by Gasteiger charge is -2.10. The van der Waals surface area contributed by atoms with E-state index < -0.39 is 0 Å². The lowest BCUT2D eigenvalue weighted by molar-refractivity contribution is 0.120. The molecule has 0 aliphatic heterocycles. The van der Waals surface area contributed by atoms with Crippen LogP contribution in [0.15, 0.2) is 35.5 Å². The van der Waals surface area contributed by atoms with Crippen LogP contribution in [0.3, 0.4) is 0 Å². The second kappa shape index (κ2) is 15.4. The third kappa shape index (κ3) is 10.3. The largest absolute Gasteiger partial charge is 0.497 e. The van der Waals surface area contributed by atoms with Crippen LogP contribution in [0.5, 0.6) is 5.75 Å². The molecule has 0 atom stereocenters. The number of hydrogen-bond acceptors (Lipinski definition) is 5. The van der Waals surface area contributed by atoms with Crippen molar-refractivity contribution >= 4 is 41.3 Å². The first kappa shape index (κ1) is 25.6. The fourth-order valence-corrected chi connectivity index (χ4v) is 3.39. The Morgan fingerprint density at radius 2 is 1.97 bits per heavy atom. The topological polar surface area (TPSA) is 67.8 Å². The summed E-state index contributed by atoms with van der Waals surface area (Å²) in [5, 5.41) is 7.83. The third-order valence-corrected chi connectivity index (χ3v) is 5.27. The molecule has 0 aliphatic carbocycles. The van der Waals surface area contributed by atoms with E-state index in [1.165, 1.54) is 9.88 Å². The van der Waals surface area contributed by atoms with E-state index in [1.54, 1.807) is 18.4 Å². The van der Waals surface area contributed by atoms with Crippen LogP contribution in [-0.4, -0.2) is 44.3 Å². The van der Waals surface area contributed by atoms with Crippen molar-refractivity contribution in [2.24, 2.45) is 4.99 Å². The fourth-order valence-electron chi connectivity index (χ4n) is 2.53. The van der Waals surface area contributed by atoms with Gasteiger partial charge in [-0.25, -0.2) is 4.98 Å². The highest BCUT2D eigenvalue weighted by atomic mass is 127. The van der Waals surface area contributed by atoms with Crippen molar-refractivity contribution in [3.8, 4) is 5.75 Å². The standard InChI is InChI=1S/C21H32N4O2S.HI/c1-4-19-15-25-20(28-19)11-13-24-21(22-5-2)23-12-6-14-27-16-17-7-9-18(26-3)10-8-17;/h7-10,15H,4-6,11-14,16H2,1-3H3,(H2,22,23,24);1H. The van der Waals surface area contributed by atoms with Crippen LogP contribution in [0.25, 0.3) is 0 Å². The smallest absolute Gasteiger partial charge is 0.191 e. The summed E-state index contributed by atoms with van der Waals surface area (Å²) in [5.41, 5.74) is 1.15. The average molecular weight is 532 g/mol. The molecule has 0 radical (unpaired) electrons. The van der Waals surface area contributed by atoms with Gasteiger partial charge >= 0.3 is 0 Å². The van der Waals surface area contributed by atoms with Crippen LogP contribution in [0.1, 0.15) is 35.7 Å². The first-order chi connectivity index (χ1) is 13.7. The lowest BCUT2D eigenvalue weighted by atomic mass is 10.2. The van der Waals surface area contributed by atoms with Gasteiger partial charge in [0.2, 0.25) is 0 Å². The molecule has 0 bridgehead atoms. The Hall–Kier alpha value is -1.39. The Labute approximate surface area is 195 Å². The summed E-state index contributed by atoms with van der Waals surface area (Å²) in [4.78, 5) is 10.4. The highest BCUT2D eigenvalue weighted by molar-refractivity contribution is 14.0. The number of nitrogens with zero attached hydrogens (tertiary/aromatic N) is 2. The molecule has 1 aromatic heterocycles. The van der Waals surface area contributed by atoms with E-state index >= 15 is 0 Å². The summed E-state index contributed by atoms with van der Waals surface area (Å²) >= 11 is 1.79. The molecular weight excluding hydrogens is 499 g/mol. The Kier molecular flexibility index (Phi) is 13.7. The number of benzene rings is 1. The fraction of sp³-hybridized carbons (Fsp3) is 0.524. The van der Waals surface area contributed by atoms with Crippen LogP contribution in [0.4, 0.5) is 0 Å². The minimum absolute atomic E-state index is 0. The maximum atomic E-state index is 5.73. The van der Waals surface area contributed by atoms with E-state index in [0.29, 0.717) is 13.2 Å². The van der Waals surface area contributed by atoms with Gasteiger partial charge < -0.3 is 20.1 Å². The molecule has 0 unspecified atom stereocenters. The zero-order valence-corrected chi connectivity index (χ0v) is 20.7. The summed E-state index contributed by atoms with van der Waals surface area (Å²) in [6.07, 6.45) is 4.83. The molecular formula is C21H33IN4O2S. The molecule has 6 nitrogen and oxygen atoms in total. The monoisotopic (exact) mass is 532 g/mol. The number of hydrogen-bond donors (Lipinski definition) is 2. The molecule has 0 saturated heterocycles. The van der Waals surface area contributed by atoms with Crippen LogP contribution in [-0.2, 0) is 24.2 Å². The predicted molar refractivity (Wildman–Crippen MR) is 132 cm³/mol. The predicted octanol–water partition coefficient (Wildman–Crippen LogP) is 4.04. The number of aryl methyl sites for hydroxylation is 1. The third-order valence-electron chi connectivity index (χ3n) is 4.07.